The molecule has 0 fully saturated rings. The fourth-order valence-electron chi connectivity index (χ4n) is 2.00. The second-order valence-electron chi connectivity index (χ2n) is 4.38. The predicted octanol–water partition coefficient (Wildman–Crippen LogP) is 1.44. The van der Waals surface area contributed by atoms with Gasteiger partial charge in [0.1, 0.15) is 0 Å². The molecule has 1 N–H and O–H groups in total. The van der Waals surface area contributed by atoms with Crippen molar-refractivity contribution in [3.63, 3.8) is 0 Å². The van der Waals surface area contributed by atoms with Gasteiger partial charge >= 0.3 is 0 Å². The molecule has 0 aromatic heterocycles. The Kier molecular flexibility index (Phi) is 3.85. The highest BCUT2D eigenvalue weighted by Gasteiger charge is 2.26. The average Bonchev–Trinajstić information content (AvgIpc) is 2.40. The molecule has 1 aliphatic rings. The van der Waals surface area contributed by atoms with Crippen LogP contribution in [0.5, 0.6) is 0 Å². The molecule has 0 saturated carbocycles. The van der Waals surface area contributed by atoms with Gasteiger partial charge in [0.25, 0.3) is 0 Å². The van der Waals surface area contributed by atoms with Crippen molar-refractivity contribution in [2.45, 2.75) is 24.8 Å². The zero-order valence-electron chi connectivity index (χ0n) is 10.3. The van der Waals surface area contributed by atoms with Crippen molar-refractivity contribution in [3.05, 3.63) is 41.5 Å². The summed E-state index contributed by atoms with van der Waals surface area (Å²) in [4.78, 5) is 0.296. The van der Waals surface area contributed by atoms with Crippen LogP contribution in [0, 0.1) is 6.92 Å². The molecule has 98 valence electrons. The van der Waals surface area contributed by atoms with Crippen LogP contribution in [0.15, 0.2) is 35.2 Å². The molecule has 18 heavy (non-hydrogen) atoms. The van der Waals surface area contributed by atoms with Crippen molar-refractivity contribution in [3.8, 4) is 0 Å². The van der Waals surface area contributed by atoms with Gasteiger partial charge in [-0.1, -0.05) is 24.3 Å². The Morgan fingerprint density at radius 1 is 1.33 bits per heavy atom. The molecule has 0 atom stereocenters. The normalized spacial score (nSPS) is 17.0. The number of aliphatic hydroxyl groups excluding tert-OH is 1. The van der Waals surface area contributed by atoms with Crippen LogP contribution < -0.4 is 0 Å². The number of rotatable bonds is 3. The number of benzene rings is 1. The van der Waals surface area contributed by atoms with Crippen LogP contribution in [-0.4, -0.2) is 30.9 Å². The SMILES string of the molecule is Cc1ccc(CO)cc1S(=O)(=O)N1CC=CCC1. The van der Waals surface area contributed by atoms with E-state index in [-0.39, 0.29) is 6.61 Å². The highest BCUT2D eigenvalue weighted by Crippen LogP contribution is 2.22. The number of aryl methyl sites for hydroxylation is 1. The predicted molar refractivity (Wildman–Crippen MR) is 69.6 cm³/mol. The van der Waals surface area contributed by atoms with Crippen molar-refractivity contribution < 1.29 is 13.5 Å². The first-order valence-electron chi connectivity index (χ1n) is 5.91. The monoisotopic (exact) mass is 267 g/mol. The molecule has 1 aromatic carbocycles. The summed E-state index contributed by atoms with van der Waals surface area (Å²) in [6.07, 6.45) is 4.60. The first-order valence-corrected chi connectivity index (χ1v) is 7.35. The standard InChI is InChI=1S/C13H17NO3S/c1-11-5-6-12(10-15)9-13(11)18(16,17)14-7-3-2-4-8-14/h2-3,5-6,9,15H,4,7-8,10H2,1H3. The molecule has 0 amide bonds. The number of hydrogen-bond acceptors (Lipinski definition) is 3. The van der Waals surface area contributed by atoms with Crippen molar-refractivity contribution in [1.29, 1.82) is 0 Å². The number of hydrogen-bond donors (Lipinski definition) is 1. The molecule has 0 saturated heterocycles. The summed E-state index contributed by atoms with van der Waals surface area (Å²) in [5.41, 5.74) is 1.33. The number of nitrogens with zero attached hydrogens (tertiary/aromatic N) is 1. The van der Waals surface area contributed by atoms with E-state index in [9.17, 15) is 8.42 Å². The van der Waals surface area contributed by atoms with E-state index in [1.807, 2.05) is 12.2 Å². The maximum Gasteiger partial charge on any atom is 0.243 e. The first kappa shape index (κ1) is 13.3. The van der Waals surface area contributed by atoms with Crippen molar-refractivity contribution in [1.82, 2.24) is 4.31 Å². The summed E-state index contributed by atoms with van der Waals surface area (Å²) in [5, 5.41) is 9.11. The molecule has 4 nitrogen and oxygen atoms in total. The third-order valence-electron chi connectivity index (χ3n) is 3.07. The maximum absolute atomic E-state index is 12.5. The van der Waals surface area contributed by atoms with E-state index < -0.39 is 10.0 Å². The third kappa shape index (κ3) is 2.48. The van der Waals surface area contributed by atoms with Gasteiger partial charge in [0.2, 0.25) is 10.0 Å². The molecule has 5 heteroatoms. The molecule has 0 aliphatic carbocycles. The summed E-state index contributed by atoms with van der Waals surface area (Å²) in [6, 6.07) is 5.03. The lowest BCUT2D eigenvalue weighted by molar-refractivity contribution is 0.281. The highest BCUT2D eigenvalue weighted by atomic mass is 32.2. The second-order valence-corrected chi connectivity index (χ2v) is 6.29. The van der Waals surface area contributed by atoms with Crippen LogP contribution >= 0.6 is 0 Å². The van der Waals surface area contributed by atoms with Crippen LogP contribution in [0.25, 0.3) is 0 Å². The summed E-state index contributed by atoms with van der Waals surface area (Å²) in [5.74, 6) is 0. The van der Waals surface area contributed by atoms with Crippen LogP contribution in [0.3, 0.4) is 0 Å². The Hall–Kier alpha value is -1.17. The minimum atomic E-state index is -3.45. The molecule has 0 unspecified atom stereocenters. The molecule has 2 rings (SSSR count). The van der Waals surface area contributed by atoms with Gasteiger partial charge in [0, 0.05) is 13.1 Å². The van der Waals surface area contributed by atoms with Crippen LogP contribution in [0.2, 0.25) is 0 Å². The quantitative estimate of drug-likeness (QED) is 0.843. The first-order chi connectivity index (χ1) is 8.55. The zero-order chi connectivity index (χ0) is 13.2. The van der Waals surface area contributed by atoms with Gasteiger partial charge in [-0.05, 0) is 30.5 Å². The van der Waals surface area contributed by atoms with Gasteiger partial charge in [-0.25, -0.2) is 8.42 Å². The fourth-order valence-corrected chi connectivity index (χ4v) is 3.68. The summed E-state index contributed by atoms with van der Waals surface area (Å²) in [7, 11) is -3.45. The van der Waals surface area contributed by atoms with E-state index in [4.69, 9.17) is 5.11 Å². The summed E-state index contributed by atoms with van der Waals surface area (Å²) >= 11 is 0. The molecule has 1 aliphatic heterocycles. The Bertz CT molecular complexity index is 564. The lowest BCUT2D eigenvalue weighted by Crippen LogP contribution is -2.34. The second kappa shape index (κ2) is 5.22. The zero-order valence-corrected chi connectivity index (χ0v) is 11.2. The molecule has 1 aromatic rings. The van der Waals surface area contributed by atoms with Crippen LogP contribution in [0.4, 0.5) is 0 Å². The van der Waals surface area contributed by atoms with Gasteiger partial charge in [0.15, 0.2) is 0 Å². The smallest absolute Gasteiger partial charge is 0.243 e. The highest BCUT2D eigenvalue weighted by molar-refractivity contribution is 7.89. The van der Waals surface area contributed by atoms with Gasteiger partial charge in [-0.3, -0.25) is 0 Å². The lowest BCUT2D eigenvalue weighted by Gasteiger charge is -2.23. The number of sulfonamides is 1. The Morgan fingerprint density at radius 2 is 2.11 bits per heavy atom. The van der Waals surface area contributed by atoms with Crippen molar-refractivity contribution in [2.24, 2.45) is 0 Å². The van der Waals surface area contributed by atoms with Gasteiger partial charge in [-0.15, -0.1) is 0 Å². The molecular formula is C13H17NO3S. The molecule has 1 heterocycles. The lowest BCUT2D eigenvalue weighted by atomic mass is 10.2. The van der Waals surface area contributed by atoms with E-state index in [0.29, 0.717) is 29.1 Å². The van der Waals surface area contributed by atoms with Gasteiger partial charge in [-0.2, -0.15) is 4.31 Å². The van der Waals surface area contributed by atoms with Crippen LogP contribution in [0.1, 0.15) is 17.5 Å². The molecule has 0 radical (unpaired) electrons. The fraction of sp³-hybridized carbons (Fsp3) is 0.385. The van der Waals surface area contributed by atoms with E-state index in [2.05, 4.69) is 0 Å². The van der Waals surface area contributed by atoms with Gasteiger partial charge in [0.05, 0.1) is 11.5 Å². The molecule has 0 spiro atoms. The Morgan fingerprint density at radius 3 is 2.72 bits per heavy atom. The largest absolute Gasteiger partial charge is 0.392 e. The Balaban J connectivity index is 2.43. The van der Waals surface area contributed by atoms with Crippen LogP contribution in [-0.2, 0) is 16.6 Å². The summed E-state index contributed by atoms with van der Waals surface area (Å²) < 4.78 is 26.4. The molecular weight excluding hydrogens is 250 g/mol. The maximum atomic E-state index is 12.5. The van der Waals surface area contributed by atoms with E-state index in [1.54, 1.807) is 25.1 Å². The Labute approximate surface area is 108 Å². The minimum Gasteiger partial charge on any atom is -0.392 e. The van der Waals surface area contributed by atoms with Gasteiger partial charge < -0.3 is 5.11 Å². The topological polar surface area (TPSA) is 57.6 Å². The average molecular weight is 267 g/mol. The number of aliphatic hydroxyl groups is 1. The van der Waals surface area contributed by atoms with Crippen molar-refractivity contribution in [2.75, 3.05) is 13.1 Å². The third-order valence-corrected chi connectivity index (χ3v) is 5.08. The van der Waals surface area contributed by atoms with E-state index in [1.165, 1.54) is 4.31 Å². The van der Waals surface area contributed by atoms with E-state index >= 15 is 0 Å². The van der Waals surface area contributed by atoms with Crippen molar-refractivity contribution >= 4 is 10.0 Å². The summed E-state index contributed by atoms with van der Waals surface area (Å²) in [6.45, 7) is 2.56. The minimum absolute atomic E-state index is 0.150. The van der Waals surface area contributed by atoms with E-state index in [0.717, 1.165) is 6.42 Å². The molecule has 0 bridgehead atoms.